The van der Waals surface area contributed by atoms with Gasteiger partial charge in [-0.15, -0.1) is 11.6 Å². The molecule has 0 aromatic rings. The Morgan fingerprint density at radius 2 is 2.00 bits per heavy atom. The lowest BCUT2D eigenvalue weighted by atomic mass is 10.1. The molecule has 2 unspecified atom stereocenters. The first-order chi connectivity index (χ1) is 8.21. The summed E-state index contributed by atoms with van der Waals surface area (Å²) >= 11 is 5.77. The molecular formula is C14H29ClN2. The van der Waals surface area contributed by atoms with E-state index in [2.05, 4.69) is 30.6 Å². The Morgan fingerprint density at radius 1 is 1.29 bits per heavy atom. The largest absolute Gasteiger partial charge is 0.302 e. The van der Waals surface area contributed by atoms with Crippen LogP contribution in [0.3, 0.4) is 0 Å². The molecular weight excluding hydrogens is 232 g/mol. The Balaban J connectivity index is 2.21. The van der Waals surface area contributed by atoms with Crippen LogP contribution in [0, 0.1) is 5.92 Å². The maximum atomic E-state index is 5.77. The lowest BCUT2D eigenvalue weighted by molar-refractivity contribution is 0.207. The van der Waals surface area contributed by atoms with Crippen LogP contribution in [0.5, 0.6) is 0 Å². The van der Waals surface area contributed by atoms with Gasteiger partial charge in [0.15, 0.2) is 0 Å². The first-order valence-electron chi connectivity index (χ1n) is 7.23. The molecule has 102 valence electrons. The molecule has 1 aliphatic heterocycles. The third kappa shape index (κ3) is 5.15. The average Bonchev–Trinajstić information content (AvgIpc) is 2.77. The molecule has 0 N–H and O–H groups in total. The summed E-state index contributed by atoms with van der Waals surface area (Å²) in [6.45, 7) is 13.1. The third-order valence-electron chi connectivity index (χ3n) is 4.12. The topological polar surface area (TPSA) is 6.48 Å². The van der Waals surface area contributed by atoms with E-state index in [1.807, 2.05) is 0 Å². The summed E-state index contributed by atoms with van der Waals surface area (Å²) in [5.41, 5.74) is 0. The summed E-state index contributed by atoms with van der Waals surface area (Å²) in [5, 5.41) is 0. The van der Waals surface area contributed by atoms with Gasteiger partial charge in [0.25, 0.3) is 0 Å². The minimum absolute atomic E-state index is 0.778. The molecule has 0 aromatic carbocycles. The molecule has 2 atom stereocenters. The molecule has 0 aromatic heterocycles. The fourth-order valence-corrected chi connectivity index (χ4v) is 3.16. The molecule has 0 bridgehead atoms. The van der Waals surface area contributed by atoms with Gasteiger partial charge in [0.1, 0.15) is 0 Å². The van der Waals surface area contributed by atoms with Crippen LogP contribution in [0.4, 0.5) is 0 Å². The van der Waals surface area contributed by atoms with E-state index in [-0.39, 0.29) is 0 Å². The number of halogens is 1. The number of hydrogen-bond donors (Lipinski definition) is 0. The van der Waals surface area contributed by atoms with Gasteiger partial charge in [-0.05, 0) is 51.4 Å². The Bertz CT molecular complexity index is 195. The Kier molecular flexibility index (Phi) is 7.49. The molecule has 0 amide bonds. The quantitative estimate of drug-likeness (QED) is 0.619. The van der Waals surface area contributed by atoms with Crippen LogP contribution < -0.4 is 0 Å². The first-order valence-corrected chi connectivity index (χ1v) is 7.77. The fourth-order valence-electron chi connectivity index (χ4n) is 2.79. The maximum Gasteiger partial charge on any atom is 0.0235 e. The van der Waals surface area contributed by atoms with Crippen molar-refractivity contribution in [2.45, 2.75) is 46.1 Å². The van der Waals surface area contributed by atoms with E-state index < -0.39 is 0 Å². The van der Waals surface area contributed by atoms with Crippen LogP contribution in [0.25, 0.3) is 0 Å². The fraction of sp³-hybridized carbons (Fsp3) is 1.00. The van der Waals surface area contributed by atoms with Gasteiger partial charge in [-0.1, -0.05) is 20.8 Å². The second kappa shape index (κ2) is 8.34. The molecule has 0 spiro atoms. The van der Waals surface area contributed by atoms with Crippen molar-refractivity contribution in [1.82, 2.24) is 9.80 Å². The summed E-state index contributed by atoms with van der Waals surface area (Å²) in [5.74, 6) is 1.59. The van der Waals surface area contributed by atoms with Crippen molar-refractivity contribution in [3.63, 3.8) is 0 Å². The van der Waals surface area contributed by atoms with E-state index in [4.69, 9.17) is 11.6 Å². The van der Waals surface area contributed by atoms with Crippen LogP contribution in [0.15, 0.2) is 0 Å². The van der Waals surface area contributed by atoms with Gasteiger partial charge >= 0.3 is 0 Å². The summed E-state index contributed by atoms with van der Waals surface area (Å²) in [6, 6.07) is 0.799. The van der Waals surface area contributed by atoms with Crippen molar-refractivity contribution < 1.29 is 0 Å². The van der Waals surface area contributed by atoms with Crippen molar-refractivity contribution in [3.8, 4) is 0 Å². The van der Waals surface area contributed by atoms with Crippen molar-refractivity contribution in [2.24, 2.45) is 5.92 Å². The van der Waals surface area contributed by atoms with E-state index in [1.165, 1.54) is 45.6 Å². The molecule has 1 heterocycles. The van der Waals surface area contributed by atoms with Crippen molar-refractivity contribution in [1.29, 1.82) is 0 Å². The number of likely N-dealkylation sites (tertiary alicyclic amines) is 1. The molecule has 1 aliphatic rings. The summed E-state index contributed by atoms with van der Waals surface area (Å²) in [6.07, 6.45) is 3.82. The zero-order chi connectivity index (χ0) is 12.7. The number of hydrogen-bond acceptors (Lipinski definition) is 2. The number of rotatable bonds is 8. The van der Waals surface area contributed by atoms with Crippen LogP contribution in [0.2, 0.25) is 0 Å². The van der Waals surface area contributed by atoms with E-state index in [1.54, 1.807) is 0 Å². The van der Waals surface area contributed by atoms with Crippen LogP contribution in [-0.2, 0) is 0 Å². The summed E-state index contributed by atoms with van der Waals surface area (Å²) in [4.78, 5) is 5.23. The molecule has 0 radical (unpaired) electrons. The predicted octanol–water partition coefficient (Wildman–Crippen LogP) is 3.06. The smallest absolute Gasteiger partial charge is 0.0235 e. The minimum atomic E-state index is 0.778. The molecule has 1 rings (SSSR count). The molecule has 3 heteroatoms. The second-order valence-corrected chi connectivity index (χ2v) is 5.71. The average molecular weight is 261 g/mol. The number of likely N-dealkylation sites (N-methyl/N-ethyl adjacent to an activating group) is 1. The van der Waals surface area contributed by atoms with Crippen LogP contribution >= 0.6 is 11.6 Å². The lowest BCUT2D eigenvalue weighted by Crippen LogP contribution is -2.37. The Morgan fingerprint density at radius 3 is 2.59 bits per heavy atom. The van der Waals surface area contributed by atoms with E-state index in [9.17, 15) is 0 Å². The summed E-state index contributed by atoms with van der Waals surface area (Å²) in [7, 11) is 0. The van der Waals surface area contributed by atoms with Crippen molar-refractivity contribution in [3.05, 3.63) is 0 Å². The highest BCUT2D eigenvalue weighted by Crippen LogP contribution is 2.17. The zero-order valence-corrected chi connectivity index (χ0v) is 12.5. The normalized spacial score (nSPS) is 23.5. The van der Waals surface area contributed by atoms with Crippen LogP contribution in [0.1, 0.15) is 40.0 Å². The highest BCUT2D eigenvalue weighted by atomic mass is 35.5. The zero-order valence-electron chi connectivity index (χ0n) is 11.8. The van der Waals surface area contributed by atoms with Gasteiger partial charge in [-0.3, -0.25) is 4.90 Å². The SMILES string of the molecule is CCN(CC)C1CCN(CCC(C)CCCl)C1. The Hall–Kier alpha value is 0.210. The van der Waals surface area contributed by atoms with E-state index >= 15 is 0 Å². The molecule has 1 saturated heterocycles. The van der Waals surface area contributed by atoms with Gasteiger partial charge < -0.3 is 4.90 Å². The van der Waals surface area contributed by atoms with Gasteiger partial charge in [-0.25, -0.2) is 0 Å². The standard InChI is InChI=1S/C14H29ClN2/c1-4-17(5-2)14-8-11-16(12-14)10-7-13(3)6-9-15/h13-14H,4-12H2,1-3H3. The lowest BCUT2D eigenvalue weighted by Gasteiger charge is -2.26. The minimum Gasteiger partial charge on any atom is -0.302 e. The molecule has 2 nitrogen and oxygen atoms in total. The monoisotopic (exact) mass is 260 g/mol. The van der Waals surface area contributed by atoms with Crippen molar-refractivity contribution in [2.75, 3.05) is 38.6 Å². The van der Waals surface area contributed by atoms with Gasteiger partial charge in [0.2, 0.25) is 0 Å². The number of alkyl halides is 1. The molecule has 17 heavy (non-hydrogen) atoms. The molecule has 0 saturated carbocycles. The molecule has 0 aliphatic carbocycles. The Labute approximate surface area is 112 Å². The van der Waals surface area contributed by atoms with E-state index in [0.29, 0.717) is 0 Å². The van der Waals surface area contributed by atoms with Gasteiger partial charge in [-0.2, -0.15) is 0 Å². The predicted molar refractivity (Wildman–Crippen MR) is 76.9 cm³/mol. The molecule has 1 fully saturated rings. The first kappa shape index (κ1) is 15.3. The number of nitrogens with zero attached hydrogens (tertiary/aromatic N) is 2. The van der Waals surface area contributed by atoms with Gasteiger partial charge in [0, 0.05) is 18.5 Å². The van der Waals surface area contributed by atoms with Crippen molar-refractivity contribution >= 4 is 11.6 Å². The van der Waals surface area contributed by atoms with Gasteiger partial charge in [0.05, 0.1) is 0 Å². The third-order valence-corrected chi connectivity index (χ3v) is 4.33. The second-order valence-electron chi connectivity index (χ2n) is 5.34. The highest BCUT2D eigenvalue weighted by molar-refractivity contribution is 6.17. The van der Waals surface area contributed by atoms with Crippen LogP contribution in [-0.4, -0.2) is 54.4 Å². The van der Waals surface area contributed by atoms with E-state index in [0.717, 1.165) is 24.3 Å². The maximum absolute atomic E-state index is 5.77. The highest BCUT2D eigenvalue weighted by Gasteiger charge is 2.25. The summed E-state index contributed by atoms with van der Waals surface area (Å²) < 4.78 is 0.